The number of thiazole rings is 1. The second-order valence-corrected chi connectivity index (χ2v) is 8.20. The van der Waals surface area contributed by atoms with E-state index < -0.39 is 16.8 Å². The Labute approximate surface area is 171 Å². The molecule has 0 aliphatic heterocycles. The van der Waals surface area contributed by atoms with Crippen LogP contribution in [0, 0.1) is 12.7 Å². The van der Waals surface area contributed by atoms with Crippen LogP contribution in [-0.2, 0) is 11.0 Å². The third kappa shape index (κ3) is 4.13. The number of hydrogen-bond donors (Lipinski definition) is 3. The molecule has 146 valence electrons. The van der Waals surface area contributed by atoms with Crippen LogP contribution >= 0.6 is 22.9 Å². The molecule has 0 aliphatic carbocycles. The van der Waals surface area contributed by atoms with Crippen LogP contribution in [0.25, 0.3) is 11.3 Å². The monoisotopic (exact) mass is 439 g/mol. The molecule has 0 aliphatic rings. The van der Waals surface area contributed by atoms with Gasteiger partial charge in [-0.2, -0.15) is 0 Å². The van der Waals surface area contributed by atoms with E-state index in [1.165, 1.54) is 31.4 Å². The van der Waals surface area contributed by atoms with Gasteiger partial charge >= 0.3 is 0 Å². The van der Waals surface area contributed by atoms with E-state index in [1.54, 1.807) is 13.0 Å². The first-order valence-corrected chi connectivity index (χ1v) is 10.2. The molecule has 0 radical (unpaired) electrons. The summed E-state index contributed by atoms with van der Waals surface area (Å²) in [4.78, 5) is 21.0. The second kappa shape index (κ2) is 8.21. The highest BCUT2D eigenvalue weighted by molar-refractivity contribution is 7.86. The van der Waals surface area contributed by atoms with Gasteiger partial charge in [-0.25, -0.2) is 18.6 Å². The number of nitrogen functional groups attached to an aromatic ring is 1. The maximum absolute atomic E-state index is 13.5. The van der Waals surface area contributed by atoms with Gasteiger partial charge in [0.05, 0.1) is 22.6 Å². The summed E-state index contributed by atoms with van der Waals surface area (Å²) in [5.41, 5.74) is 7.54. The topological polar surface area (TPSA) is 110 Å². The molecule has 0 spiro atoms. The van der Waals surface area contributed by atoms with E-state index in [4.69, 9.17) is 17.3 Å². The van der Waals surface area contributed by atoms with Crippen LogP contribution in [0.2, 0.25) is 5.02 Å². The molecule has 4 N–H and O–H groups in total. The molecule has 1 unspecified atom stereocenters. The number of aromatic nitrogens is 2. The molecule has 7 nitrogen and oxygen atoms in total. The number of carbonyl (C=O) groups is 1. The maximum Gasteiger partial charge on any atom is 0.263 e. The second-order valence-electron chi connectivity index (χ2n) is 5.67. The molecule has 11 heteroatoms. The minimum atomic E-state index is -1.72. The molecule has 0 saturated carbocycles. The van der Waals surface area contributed by atoms with Crippen molar-refractivity contribution in [3.63, 3.8) is 0 Å². The molecular weight excluding hydrogens is 425 g/mol. The van der Waals surface area contributed by atoms with Crippen LogP contribution in [0.15, 0.2) is 35.5 Å². The van der Waals surface area contributed by atoms with Crippen molar-refractivity contribution < 1.29 is 13.4 Å². The number of nitrogens with two attached hydrogens (primary N) is 1. The molecule has 2 heterocycles. The molecule has 1 amide bonds. The van der Waals surface area contributed by atoms with Gasteiger partial charge in [-0.1, -0.05) is 22.9 Å². The van der Waals surface area contributed by atoms with E-state index in [0.29, 0.717) is 27.5 Å². The van der Waals surface area contributed by atoms with Crippen LogP contribution in [0.3, 0.4) is 0 Å². The Kier molecular flexibility index (Phi) is 5.92. The number of nitrogens with one attached hydrogen (secondary N) is 2. The number of anilines is 2. The Balaban J connectivity index is 1.98. The van der Waals surface area contributed by atoms with E-state index in [1.807, 2.05) is 0 Å². The Morgan fingerprint density at radius 1 is 1.36 bits per heavy atom. The summed E-state index contributed by atoms with van der Waals surface area (Å²) >= 11 is 6.86. The highest BCUT2D eigenvalue weighted by atomic mass is 35.5. The Hall–Kier alpha value is -2.56. The van der Waals surface area contributed by atoms with Crippen LogP contribution in [0.5, 0.6) is 0 Å². The number of aryl methyl sites for hydroxylation is 1. The van der Waals surface area contributed by atoms with Gasteiger partial charge in [0.2, 0.25) is 0 Å². The summed E-state index contributed by atoms with van der Waals surface area (Å²) < 4.78 is 28.9. The lowest BCUT2D eigenvalue weighted by Crippen LogP contribution is -2.17. The van der Waals surface area contributed by atoms with Crippen LogP contribution in [0.4, 0.5) is 15.2 Å². The van der Waals surface area contributed by atoms with Crippen molar-refractivity contribution in [3.8, 4) is 11.3 Å². The molecule has 1 aromatic carbocycles. The number of hydrogen-bond acceptors (Lipinski definition) is 6. The average Bonchev–Trinajstić information content (AvgIpc) is 3.07. The fourth-order valence-corrected chi connectivity index (χ4v) is 4.54. The van der Waals surface area contributed by atoms with Crippen molar-refractivity contribution in [2.45, 2.75) is 11.9 Å². The summed E-state index contributed by atoms with van der Waals surface area (Å²) in [5, 5.41) is 2.98. The van der Waals surface area contributed by atoms with Crippen LogP contribution in [0.1, 0.15) is 15.2 Å². The largest absolute Gasteiger partial charge is 0.397 e. The molecule has 1 atom stereocenters. The Morgan fingerprint density at radius 2 is 2.11 bits per heavy atom. The molecule has 0 fully saturated rings. The Bertz CT molecular complexity index is 1090. The number of rotatable bonds is 5. The zero-order chi connectivity index (χ0) is 20.4. The normalized spacial score (nSPS) is 11.9. The molecule has 0 saturated heterocycles. The lowest BCUT2D eigenvalue weighted by molar-refractivity contribution is 0.0967. The van der Waals surface area contributed by atoms with E-state index in [9.17, 15) is 13.4 Å². The molecule has 0 bridgehead atoms. The summed E-state index contributed by atoms with van der Waals surface area (Å²) in [6, 6.07) is 5.70. The van der Waals surface area contributed by atoms with Crippen molar-refractivity contribution in [1.82, 2.24) is 15.3 Å². The number of amides is 1. The van der Waals surface area contributed by atoms with Gasteiger partial charge in [-0.3, -0.25) is 9.52 Å². The van der Waals surface area contributed by atoms with Crippen LogP contribution in [-0.4, -0.2) is 27.1 Å². The predicted molar refractivity (Wildman–Crippen MR) is 109 cm³/mol. The summed E-state index contributed by atoms with van der Waals surface area (Å²) in [7, 11) is -0.233. The van der Waals surface area contributed by atoms with E-state index >= 15 is 0 Å². The lowest BCUT2D eigenvalue weighted by atomic mass is 10.1. The summed E-state index contributed by atoms with van der Waals surface area (Å²) in [6.07, 6.45) is 1.41. The number of halogens is 2. The van der Waals surface area contributed by atoms with Gasteiger partial charge in [-0.15, -0.1) is 0 Å². The van der Waals surface area contributed by atoms with E-state index in [2.05, 4.69) is 20.0 Å². The Morgan fingerprint density at radius 3 is 2.75 bits per heavy atom. The third-order valence-electron chi connectivity index (χ3n) is 3.66. The predicted octanol–water partition coefficient (Wildman–Crippen LogP) is 3.38. The van der Waals surface area contributed by atoms with Crippen molar-refractivity contribution in [2.24, 2.45) is 0 Å². The number of nitrogens with zero attached hydrogens (tertiary/aromatic N) is 2. The number of pyridine rings is 1. The van der Waals surface area contributed by atoms with Crippen molar-refractivity contribution in [1.29, 1.82) is 0 Å². The lowest BCUT2D eigenvalue weighted by Gasteiger charge is -2.05. The minimum absolute atomic E-state index is 0.0897. The smallest absolute Gasteiger partial charge is 0.263 e. The standard InChI is InChI=1S/C17H15ClFN5O2S2/c1-8-5-10(20)7-22-16(8)28(26)24-17-23-13(14(27-17)15(25)21-2)9-3-4-12(19)11(18)6-9/h3-7H,20H2,1-2H3,(H,21,25)(H,23,24). The van der Waals surface area contributed by atoms with E-state index in [-0.39, 0.29) is 20.9 Å². The molecule has 2 aromatic heterocycles. The molecule has 3 aromatic rings. The summed E-state index contributed by atoms with van der Waals surface area (Å²) in [6.45, 7) is 1.74. The summed E-state index contributed by atoms with van der Waals surface area (Å²) in [5.74, 6) is -0.958. The van der Waals surface area contributed by atoms with Crippen molar-refractivity contribution in [2.75, 3.05) is 17.5 Å². The SMILES string of the molecule is CNC(=O)c1sc(NS(=O)c2ncc(N)cc2C)nc1-c1ccc(F)c(Cl)c1. The van der Waals surface area contributed by atoms with Gasteiger partial charge < -0.3 is 11.1 Å². The fourth-order valence-electron chi connectivity index (χ4n) is 2.38. The van der Waals surface area contributed by atoms with Crippen molar-refractivity contribution in [3.05, 3.63) is 51.7 Å². The average molecular weight is 440 g/mol. The first-order valence-electron chi connectivity index (χ1n) is 7.89. The zero-order valence-corrected chi connectivity index (χ0v) is 17.1. The van der Waals surface area contributed by atoms with Gasteiger partial charge in [-0.05, 0) is 36.8 Å². The van der Waals surface area contributed by atoms with Crippen molar-refractivity contribution >= 4 is 50.6 Å². The zero-order valence-electron chi connectivity index (χ0n) is 14.7. The highest BCUT2D eigenvalue weighted by Gasteiger charge is 2.21. The first-order chi connectivity index (χ1) is 13.3. The van der Waals surface area contributed by atoms with Gasteiger partial charge in [0.1, 0.15) is 10.7 Å². The van der Waals surface area contributed by atoms with Gasteiger partial charge in [0.15, 0.2) is 21.1 Å². The van der Waals surface area contributed by atoms with E-state index in [0.717, 1.165) is 11.3 Å². The quantitative estimate of drug-likeness (QED) is 0.564. The number of carbonyl (C=O) groups excluding carboxylic acids is 1. The minimum Gasteiger partial charge on any atom is -0.397 e. The van der Waals surface area contributed by atoms with Gasteiger partial charge in [0, 0.05) is 12.6 Å². The highest BCUT2D eigenvalue weighted by Crippen LogP contribution is 2.33. The van der Waals surface area contributed by atoms with Gasteiger partial charge in [0.25, 0.3) is 5.91 Å². The van der Waals surface area contributed by atoms with Crippen LogP contribution < -0.4 is 15.8 Å². The fraction of sp³-hybridized carbons (Fsp3) is 0.118. The molecule has 28 heavy (non-hydrogen) atoms. The third-order valence-corrected chi connectivity index (χ3v) is 6.21. The molecular formula is C17H15ClFN5O2S2. The maximum atomic E-state index is 13.5. The first kappa shape index (κ1) is 20.2. The molecule has 3 rings (SSSR count). The number of benzene rings is 1.